The summed E-state index contributed by atoms with van der Waals surface area (Å²) in [6, 6.07) is 6.36. The first kappa shape index (κ1) is 16.1. The molecule has 4 nitrogen and oxygen atoms in total. The summed E-state index contributed by atoms with van der Waals surface area (Å²) in [5.41, 5.74) is 9.14. The van der Waals surface area contributed by atoms with Crippen molar-refractivity contribution in [3.8, 4) is 17.0 Å². The van der Waals surface area contributed by atoms with Gasteiger partial charge in [0.1, 0.15) is 11.9 Å². The molecule has 0 saturated carbocycles. The SMILES string of the molecule is CCCCCN1CC(C)Oc2ccc(-c3nc(N)sc3C)cc21. The van der Waals surface area contributed by atoms with E-state index in [0.717, 1.165) is 35.0 Å². The molecule has 1 atom stereocenters. The summed E-state index contributed by atoms with van der Waals surface area (Å²) in [5.74, 6) is 0.977. The third-order valence-corrected chi connectivity index (χ3v) is 5.02. The molecule has 3 rings (SSSR count). The topological polar surface area (TPSA) is 51.4 Å². The third-order valence-electron chi connectivity index (χ3n) is 4.22. The highest BCUT2D eigenvalue weighted by Gasteiger charge is 2.23. The summed E-state index contributed by atoms with van der Waals surface area (Å²) in [6.45, 7) is 8.47. The first-order chi connectivity index (χ1) is 11.1. The number of aryl methyl sites for hydroxylation is 1. The molecule has 0 fully saturated rings. The summed E-state index contributed by atoms with van der Waals surface area (Å²) >= 11 is 1.54. The summed E-state index contributed by atoms with van der Waals surface area (Å²) in [6.07, 6.45) is 3.95. The minimum atomic E-state index is 0.228. The van der Waals surface area contributed by atoms with Gasteiger partial charge in [-0.2, -0.15) is 0 Å². The minimum absolute atomic E-state index is 0.228. The quantitative estimate of drug-likeness (QED) is 0.821. The van der Waals surface area contributed by atoms with Crippen molar-refractivity contribution in [3.63, 3.8) is 0 Å². The van der Waals surface area contributed by atoms with Gasteiger partial charge in [-0.05, 0) is 38.5 Å². The number of nitrogens with zero attached hydrogens (tertiary/aromatic N) is 2. The van der Waals surface area contributed by atoms with E-state index in [2.05, 4.69) is 48.9 Å². The average Bonchev–Trinajstić information content (AvgIpc) is 2.85. The van der Waals surface area contributed by atoms with Gasteiger partial charge in [-0.1, -0.05) is 19.8 Å². The number of hydrogen-bond acceptors (Lipinski definition) is 5. The highest BCUT2D eigenvalue weighted by Crippen LogP contribution is 2.38. The zero-order chi connectivity index (χ0) is 16.4. The van der Waals surface area contributed by atoms with Crippen molar-refractivity contribution < 1.29 is 4.74 Å². The van der Waals surface area contributed by atoms with Gasteiger partial charge < -0.3 is 15.4 Å². The van der Waals surface area contributed by atoms with Gasteiger partial charge in [-0.15, -0.1) is 11.3 Å². The molecule has 1 aliphatic heterocycles. The predicted molar refractivity (Wildman–Crippen MR) is 98.5 cm³/mol. The lowest BCUT2D eigenvalue weighted by Gasteiger charge is -2.35. The number of benzene rings is 1. The lowest BCUT2D eigenvalue weighted by Crippen LogP contribution is -2.39. The molecule has 124 valence electrons. The van der Waals surface area contributed by atoms with Crippen LogP contribution in [0.2, 0.25) is 0 Å². The number of rotatable bonds is 5. The third kappa shape index (κ3) is 3.44. The maximum atomic E-state index is 6.01. The second-order valence-corrected chi connectivity index (χ2v) is 7.46. The second-order valence-electron chi connectivity index (χ2n) is 6.22. The number of fused-ring (bicyclic) bond motifs is 1. The van der Waals surface area contributed by atoms with Crippen molar-refractivity contribution in [1.29, 1.82) is 0 Å². The lowest BCUT2D eigenvalue weighted by molar-refractivity contribution is 0.212. The largest absolute Gasteiger partial charge is 0.487 e. The summed E-state index contributed by atoms with van der Waals surface area (Å²) in [5, 5.41) is 0.625. The number of hydrogen-bond donors (Lipinski definition) is 1. The van der Waals surface area contributed by atoms with E-state index >= 15 is 0 Å². The smallest absolute Gasteiger partial charge is 0.180 e. The maximum Gasteiger partial charge on any atom is 0.180 e. The van der Waals surface area contributed by atoms with Crippen molar-refractivity contribution in [3.05, 3.63) is 23.1 Å². The molecule has 2 heterocycles. The van der Waals surface area contributed by atoms with E-state index in [-0.39, 0.29) is 6.10 Å². The highest BCUT2D eigenvalue weighted by molar-refractivity contribution is 7.15. The van der Waals surface area contributed by atoms with Gasteiger partial charge in [0, 0.05) is 17.0 Å². The fourth-order valence-corrected chi connectivity index (χ4v) is 3.83. The zero-order valence-electron chi connectivity index (χ0n) is 14.1. The van der Waals surface area contributed by atoms with Crippen molar-refractivity contribution in [1.82, 2.24) is 4.98 Å². The number of thiazole rings is 1. The number of ether oxygens (including phenoxy) is 1. The minimum Gasteiger partial charge on any atom is -0.487 e. The van der Waals surface area contributed by atoms with Gasteiger partial charge in [0.05, 0.1) is 17.9 Å². The molecule has 1 unspecified atom stereocenters. The summed E-state index contributed by atoms with van der Waals surface area (Å²) < 4.78 is 6.01. The Morgan fingerprint density at radius 3 is 2.91 bits per heavy atom. The number of anilines is 2. The van der Waals surface area contributed by atoms with Crippen LogP contribution in [0.1, 0.15) is 38.0 Å². The van der Waals surface area contributed by atoms with Gasteiger partial charge in [0.2, 0.25) is 0 Å². The zero-order valence-corrected chi connectivity index (χ0v) is 14.9. The molecule has 1 aromatic heterocycles. The van der Waals surface area contributed by atoms with E-state index in [1.54, 1.807) is 11.3 Å². The first-order valence-corrected chi connectivity index (χ1v) is 9.19. The molecule has 5 heteroatoms. The maximum absolute atomic E-state index is 6.01. The lowest BCUT2D eigenvalue weighted by atomic mass is 10.1. The Balaban J connectivity index is 1.92. The molecule has 0 bridgehead atoms. The fourth-order valence-electron chi connectivity index (χ4n) is 3.12. The van der Waals surface area contributed by atoms with Crippen LogP contribution >= 0.6 is 11.3 Å². The second kappa shape index (κ2) is 6.79. The Kier molecular flexibility index (Phi) is 4.76. The monoisotopic (exact) mass is 331 g/mol. The van der Waals surface area contributed by atoms with Crippen LogP contribution in [0.3, 0.4) is 0 Å². The Morgan fingerprint density at radius 1 is 1.39 bits per heavy atom. The number of aromatic nitrogens is 1. The van der Waals surface area contributed by atoms with Gasteiger partial charge in [-0.3, -0.25) is 0 Å². The molecule has 1 aromatic carbocycles. The fraction of sp³-hybridized carbons (Fsp3) is 0.500. The molecule has 0 radical (unpaired) electrons. The van der Waals surface area contributed by atoms with Crippen LogP contribution in [0, 0.1) is 6.92 Å². The van der Waals surface area contributed by atoms with Gasteiger partial charge in [-0.25, -0.2) is 4.98 Å². The van der Waals surface area contributed by atoms with Gasteiger partial charge >= 0.3 is 0 Å². The number of nitrogens with two attached hydrogens (primary N) is 1. The molecule has 23 heavy (non-hydrogen) atoms. The molecule has 0 saturated heterocycles. The summed E-state index contributed by atoms with van der Waals surface area (Å²) in [4.78, 5) is 8.09. The van der Waals surface area contributed by atoms with Crippen molar-refractivity contribution in [2.24, 2.45) is 0 Å². The predicted octanol–water partition coefficient (Wildman–Crippen LogP) is 4.48. The van der Waals surface area contributed by atoms with Crippen LogP contribution in [0.5, 0.6) is 5.75 Å². The standard InChI is InChI=1S/C18H25N3OS/c1-4-5-6-9-21-11-12(2)22-16-8-7-14(10-15(16)21)17-13(3)23-18(19)20-17/h7-8,10,12H,4-6,9,11H2,1-3H3,(H2,19,20). The normalized spacial score (nSPS) is 17.0. The number of unbranched alkanes of at least 4 members (excludes halogenated alkanes) is 2. The van der Waals surface area contributed by atoms with Crippen molar-refractivity contribution in [2.75, 3.05) is 23.7 Å². The molecule has 0 aliphatic carbocycles. The Morgan fingerprint density at radius 2 is 2.22 bits per heavy atom. The molecule has 1 aliphatic rings. The molecular formula is C18H25N3OS. The van der Waals surface area contributed by atoms with Crippen molar-refractivity contribution >= 4 is 22.2 Å². The average molecular weight is 331 g/mol. The summed E-state index contributed by atoms with van der Waals surface area (Å²) in [7, 11) is 0. The van der Waals surface area contributed by atoms with E-state index in [1.165, 1.54) is 24.9 Å². The van der Waals surface area contributed by atoms with E-state index in [0.29, 0.717) is 5.13 Å². The van der Waals surface area contributed by atoms with Crippen molar-refractivity contribution in [2.45, 2.75) is 46.1 Å². The van der Waals surface area contributed by atoms with Crippen LogP contribution in [0.4, 0.5) is 10.8 Å². The first-order valence-electron chi connectivity index (χ1n) is 8.37. The van der Waals surface area contributed by atoms with Gasteiger partial charge in [0.25, 0.3) is 0 Å². The van der Waals surface area contributed by atoms with Crippen LogP contribution in [0.15, 0.2) is 18.2 Å². The van der Waals surface area contributed by atoms with E-state index in [4.69, 9.17) is 10.5 Å². The van der Waals surface area contributed by atoms with Gasteiger partial charge in [0.15, 0.2) is 5.13 Å². The van der Waals surface area contributed by atoms with Crippen LogP contribution in [0.25, 0.3) is 11.3 Å². The molecule has 0 amide bonds. The molecule has 2 N–H and O–H groups in total. The number of nitrogen functional groups attached to an aromatic ring is 1. The Hall–Kier alpha value is -1.75. The highest BCUT2D eigenvalue weighted by atomic mass is 32.1. The Labute approximate surface area is 142 Å². The van der Waals surface area contributed by atoms with Crippen LogP contribution < -0.4 is 15.4 Å². The molecule has 0 spiro atoms. The van der Waals surface area contributed by atoms with Crippen LogP contribution in [-0.4, -0.2) is 24.2 Å². The molecular weight excluding hydrogens is 306 g/mol. The van der Waals surface area contributed by atoms with E-state index in [1.807, 2.05) is 0 Å². The van der Waals surface area contributed by atoms with E-state index in [9.17, 15) is 0 Å². The molecule has 2 aromatic rings. The van der Waals surface area contributed by atoms with E-state index < -0.39 is 0 Å². The van der Waals surface area contributed by atoms with Crippen LogP contribution in [-0.2, 0) is 0 Å². The Bertz CT molecular complexity index is 683.